The summed E-state index contributed by atoms with van der Waals surface area (Å²) in [6, 6.07) is 0. The summed E-state index contributed by atoms with van der Waals surface area (Å²) in [5, 5.41) is 2.90. The summed E-state index contributed by atoms with van der Waals surface area (Å²) in [6.07, 6.45) is 7.69. The van der Waals surface area contributed by atoms with Crippen LogP contribution in [0.25, 0.3) is 0 Å². The number of nitrogens with one attached hydrogen (secondary N) is 1. The minimum atomic E-state index is 0.102. The summed E-state index contributed by atoms with van der Waals surface area (Å²) in [5.41, 5.74) is 0. The molecule has 204 valence electrons. The topological polar surface area (TPSA) is 93.7 Å². The first-order valence-corrected chi connectivity index (χ1v) is 12.9. The highest BCUT2D eigenvalue weighted by Crippen LogP contribution is 2.07. The van der Waals surface area contributed by atoms with E-state index in [9.17, 15) is 4.79 Å². The van der Waals surface area contributed by atoms with Crippen LogP contribution in [-0.2, 0) is 38.0 Å². The number of hydrogen-bond donors (Lipinski definition) is 1. The number of hydrogen-bond acceptors (Lipinski definition) is 8. The van der Waals surface area contributed by atoms with Gasteiger partial charge < -0.3 is 38.5 Å². The molecule has 0 saturated heterocycles. The molecule has 0 aliphatic heterocycles. The second-order valence-electron chi connectivity index (χ2n) is 8.20. The van der Waals surface area contributed by atoms with E-state index in [2.05, 4.69) is 19.2 Å². The van der Waals surface area contributed by atoms with Crippen LogP contribution in [0, 0.1) is 0 Å². The Morgan fingerprint density at radius 2 is 1.03 bits per heavy atom. The molecular formula is C25H51NO8. The smallest absolute Gasteiger partial charge is 0.220 e. The van der Waals surface area contributed by atoms with Gasteiger partial charge in [-0.05, 0) is 26.7 Å². The maximum atomic E-state index is 11.8. The molecule has 0 aromatic heterocycles. The third-order valence-corrected chi connectivity index (χ3v) is 4.74. The number of methoxy groups -OCH3 is 1. The van der Waals surface area contributed by atoms with Gasteiger partial charge in [-0.2, -0.15) is 0 Å². The number of ether oxygens (including phenoxy) is 7. The van der Waals surface area contributed by atoms with E-state index in [-0.39, 0.29) is 5.91 Å². The Labute approximate surface area is 207 Å². The number of carbonyl (C=O) groups is 1. The molecule has 0 atom stereocenters. The van der Waals surface area contributed by atoms with Crippen LogP contribution in [0.1, 0.15) is 58.8 Å². The number of amides is 1. The normalized spacial score (nSPS) is 11.4. The van der Waals surface area contributed by atoms with Crippen LogP contribution in [0.4, 0.5) is 0 Å². The second kappa shape index (κ2) is 28.4. The van der Waals surface area contributed by atoms with E-state index in [4.69, 9.17) is 33.2 Å². The van der Waals surface area contributed by atoms with Crippen molar-refractivity contribution in [2.45, 2.75) is 64.9 Å². The molecule has 9 heteroatoms. The zero-order valence-electron chi connectivity index (χ0n) is 22.0. The monoisotopic (exact) mass is 493 g/mol. The van der Waals surface area contributed by atoms with Crippen molar-refractivity contribution in [3.05, 3.63) is 0 Å². The fourth-order valence-corrected chi connectivity index (χ4v) is 2.89. The number of rotatable bonds is 28. The zero-order chi connectivity index (χ0) is 25.0. The molecule has 0 heterocycles. The Morgan fingerprint density at radius 1 is 0.588 bits per heavy atom. The van der Waals surface area contributed by atoms with Crippen LogP contribution in [0.3, 0.4) is 0 Å². The van der Waals surface area contributed by atoms with Gasteiger partial charge in [0.05, 0.1) is 78.8 Å². The predicted octanol–water partition coefficient (Wildman–Crippen LogP) is 2.99. The zero-order valence-corrected chi connectivity index (χ0v) is 22.0. The molecule has 1 amide bonds. The molecule has 0 aromatic carbocycles. The standard InChI is InChI=1S/C25H51NO8/c1-24(2)34-12-9-7-5-4-6-8-10-25(27)26-11-13-29-16-17-31-20-21-33-23-22-32-19-18-30-15-14-28-3/h24H,4-23H2,1-3H3,(H,26,27). The molecule has 0 aromatic rings. The lowest BCUT2D eigenvalue weighted by atomic mass is 10.1. The van der Waals surface area contributed by atoms with Gasteiger partial charge in [-0.1, -0.05) is 25.7 Å². The van der Waals surface area contributed by atoms with Crippen LogP contribution < -0.4 is 5.32 Å². The fraction of sp³-hybridized carbons (Fsp3) is 0.960. The number of carbonyl (C=O) groups excluding carboxylic acids is 1. The summed E-state index contributed by atoms with van der Waals surface area (Å²) < 4.78 is 37.4. The van der Waals surface area contributed by atoms with Crippen LogP contribution >= 0.6 is 0 Å². The molecule has 0 aliphatic carbocycles. The van der Waals surface area contributed by atoms with E-state index < -0.39 is 0 Å². The summed E-state index contributed by atoms with van der Waals surface area (Å²) >= 11 is 0. The van der Waals surface area contributed by atoms with Crippen LogP contribution in [-0.4, -0.2) is 105 Å². The van der Waals surface area contributed by atoms with Crippen molar-refractivity contribution in [1.29, 1.82) is 0 Å². The third-order valence-electron chi connectivity index (χ3n) is 4.74. The maximum absolute atomic E-state index is 11.8. The first-order valence-electron chi connectivity index (χ1n) is 12.9. The summed E-state index contributed by atoms with van der Waals surface area (Å²) in [7, 11) is 1.65. The summed E-state index contributed by atoms with van der Waals surface area (Å²) in [6.45, 7) is 11.4. The highest BCUT2D eigenvalue weighted by Gasteiger charge is 2.01. The molecular weight excluding hydrogens is 442 g/mol. The van der Waals surface area contributed by atoms with Crippen LogP contribution in [0.15, 0.2) is 0 Å². The van der Waals surface area contributed by atoms with Gasteiger partial charge in [-0.25, -0.2) is 0 Å². The molecule has 0 unspecified atom stereocenters. The average molecular weight is 494 g/mol. The van der Waals surface area contributed by atoms with Gasteiger partial charge in [0.15, 0.2) is 0 Å². The number of unbranched alkanes of at least 4 members (excludes halogenated alkanes) is 5. The van der Waals surface area contributed by atoms with Gasteiger partial charge in [0, 0.05) is 26.7 Å². The van der Waals surface area contributed by atoms with E-state index in [1.165, 1.54) is 19.3 Å². The van der Waals surface area contributed by atoms with Crippen molar-refractivity contribution >= 4 is 5.91 Å². The molecule has 0 radical (unpaired) electrons. The fourth-order valence-electron chi connectivity index (χ4n) is 2.89. The lowest BCUT2D eigenvalue weighted by Gasteiger charge is -2.08. The minimum absolute atomic E-state index is 0.102. The van der Waals surface area contributed by atoms with Crippen molar-refractivity contribution in [3.63, 3.8) is 0 Å². The molecule has 34 heavy (non-hydrogen) atoms. The lowest BCUT2D eigenvalue weighted by molar-refractivity contribution is -0.121. The first-order chi connectivity index (χ1) is 16.7. The van der Waals surface area contributed by atoms with E-state index in [0.29, 0.717) is 91.7 Å². The highest BCUT2D eigenvalue weighted by molar-refractivity contribution is 5.75. The van der Waals surface area contributed by atoms with Crippen molar-refractivity contribution in [3.8, 4) is 0 Å². The Kier molecular flexibility index (Phi) is 27.8. The van der Waals surface area contributed by atoms with Crippen molar-refractivity contribution < 1.29 is 38.0 Å². The lowest BCUT2D eigenvalue weighted by Crippen LogP contribution is -2.27. The SMILES string of the molecule is COCCOCCOCCOCCOCCOCCNC(=O)CCCCCCCCOC(C)C. The maximum Gasteiger partial charge on any atom is 0.220 e. The molecule has 0 fully saturated rings. The summed E-state index contributed by atoms with van der Waals surface area (Å²) in [5.74, 6) is 0.102. The third kappa shape index (κ3) is 29.2. The second-order valence-corrected chi connectivity index (χ2v) is 8.20. The Hall–Kier alpha value is -0.810. The van der Waals surface area contributed by atoms with E-state index >= 15 is 0 Å². The first kappa shape index (κ1) is 33.2. The van der Waals surface area contributed by atoms with Gasteiger partial charge in [-0.15, -0.1) is 0 Å². The van der Waals surface area contributed by atoms with Gasteiger partial charge in [0.2, 0.25) is 5.91 Å². The van der Waals surface area contributed by atoms with Gasteiger partial charge in [-0.3, -0.25) is 4.79 Å². The van der Waals surface area contributed by atoms with Crippen molar-refractivity contribution in [2.75, 3.05) is 92.9 Å². The van der Waals surface area contributed by atoms with E-state index in [1.807, 2.05) is 0 Å². The summed E-state index contributed by atoms with van der Waals surface area (Å²) in [4.78, 5) is 11.8. The van der Waals surface area contributed by atoms with Gasteiger partial charge in [0.25, 0.3) is 0 Å². The van der Waals surface area contributed by atoms with Crippen molar-refractivity contribution in [2.24, 2.45) is 0 Å². The highest BCUT2D eigenvalue weighted by atomic mass is 16.6. The van der Waals surface area contributed by atoms with Crippen molar-refractivity contribution in [1.82, 2.24) is 5.32 Å². The molecule has 0 rings (SSSR count). The van der Waals surface area contributed by atoms with E-state index in [1.54, 1.807) is 7.11 Å². The Morgan fingerprint density at radius 3 is 1.53 bits per heavy atom. The average Bonchev–Trinajstić information content (AvgIpc) is 2.82. The molecule has 0 aliphatic rings. The Bertz CT molecular complexity index is 412. The quantitative estimate of drug-likeness (QED) is 0.166. The molecule has 0 spiro atoms. The van der Waals surface area contributed by atoms with Gasteiger partial charge >= 0.3 is 0 Å². The molecule has 0 saturated carbocycles. The molecule has 1 N–H and O–H groups in total. The van der Waals surface area contributed by atoms with Gasteiger partial charge in [0.1, 0.15) is 0 Å². The minimum Gasteiger partial charge on any atom is -0.382 e. The Balaban J connectivity index is 3.14. The molecule has 0 bridgehead atoms. The largest absolute Gasteiger partial charge is 0.382 e. The van der Waals surface area contributed by atoms with Crippen LogP contribution in [0.5, 0.6) is 0 Å². The van der Waals surface area contributed by atoms with Crippen LogP contribution in [0.2, 0.25) is 0 Å². The molecule has 9 nitrogen and oxygen atoms in total. The predicted molar refractivity (Wildman–Crippen MR) is 132 cm³/mol. The van der Waals surface area contributed by atoms with E-state index in [0.717, 1.165) is 25.9 Å².